The number of methoxy groups -OCH3 is 1. The predicted octanol–water partition coefficient (Wildman–Crippen LogP) is 0.322. The van der Waals surface area contributed by atoms with Crippen LogP contribution >= 0.6 is 0 Å². The zero-order chi connectivity index (χ0) is 16.9. The van der Waals surface area contributed by atoms with E-state index in [2.05, 4.69) is 4.90 Å². The molecular formula is C18H21NO5. The minimum absolute atomic E-state index is 0.167. The lowest BCUT2D eigenvalue weighted by Crippen LogP contribution is -2.75. The van der Waals surface area contributed by atoms with Gasteiger partial charge in [-0.25, -0.2) is 0 Å². The summed E-state index contributed by atoms with van der Waals surface area (Å²) in [7, 11) is 3.52. The second-order valence-electron chi connectivity index (χ2n) is 7.42. The van der Waals surface area contributed by atoms with Gasteiger partial charge in [-0.15, -0.1) is 0 Å². The Balaban J connectivity index is 1.89. The maximum absolute atomic E-state index is 11.7. The molecule has 1 spiro atoms. The molecule has 0 aromatic heterocycles. The van der Waals surface area contributed by atoms with Crippen LogP contribution in [0.2, 0.25) is 0 Å². The summed E-state index contributed by atoms with van der Waals surface area (Å²) in [6.07, 6.45) is 3.18. The van der Waals surface area contributed by atoms with Crippen LogP contribution in [0.4, 0.5) is 0 Å². The first-order valence-corrected chi connectivity index (χ1v) is 8.34. The van der Waals surface area contributed by atoms with Crippen molar-refractivity contribution in [3.63, 3.8) is 0 Å². The summed E-state index contributed by atoms with van der Waals surface area (Å²) in [5.41, 5.74) is -0.273. The number of aliphatic hydroxyl groups excluding tert-OH is 1. The average molecular weight is 331 g/mol. The normalized spacial score (nSPS) is 41.8. The Kier molecular flexibility index (Phi) is 2.58. The van der Waals surface area contributed by atoms with Gasteiger partial charge in [0.15, 0.2) is 11.5 Å². The van der Waals surface area contributed by atoms with E-state index in [9.17, 15) is 15.3 Å². The lowest BCUT2D eigenvalue weighted by Gasteiger charge is -2.61. The van der Waals surface area contributed by atoms with E-state index in [1.165, 1.54) is 7.11 Å². The first-order valence-electron chi connectivity index (χ1n) is 8.34. The molecule has 1 saturated heterocycles. The highest BCUT2D eigenvalue weighted by Crippen LogP contribution is 2.65. The monoisotopic (exact) mass is 331 g/mol. The van der Waals surface area contributed by atoms with E-state index < -0.39 is 23.2 Å². The summed E-state index contributed by atoms with van der Waals surface area (Å²) in [6.45, 7) is 0.796. The third-order valence-electron chi connectivity index (χ3n) is 6.59. The van der Waals surface area contributed by atoms with Crippen LogP contribution in [-0.4, -0.2) is 64.8 Å². The number of hydrogen-bond donors (Lipinski definition) is 3. The summed E-state index contributed by atoms with van der Waals surface area (Å²) < 4.78 is 11.6. The van der Waals surface area contributed by atoms with Gasteiger partial charge in [0.1, 0.15) is 23.6 Å². The Morgan fingerprint density at radius 2 is 2.21 bits per heavy atom. The number of piperidine rings is 1. The molecule has 3 N–H and O–H groups in total. The molecule has 1 aromatic rings. The van der Waals surface area contributed by atoms with Crippen molar-refractivity contribution < 1.29 is 24.8 Å². The number of aromatic hydroxyl groups is 1. The van der Waals surface area contributed by atoms with Crippen LogP contribution in [0.3, 0.4) is 0 Å². The van der Waals surface area contributed by atoms with Gasteiger partial charge >= 0.3 is 0 Å². The summed E-state index contributed by atoms with van der Waals surface area (Å²) in [6, 6.07) is 1.40. The van der Waals surface area contributed by atoms with Crippen LogP contribution in [0.15, 0.2) is 18.2 Å². The molecular weight excluding hydrogens is 310 g/mol. The van der Waals surface area contributed by atoms with Crippen molar-refractivity contribution >= 4 is 0 Å². The minimum Gasteiger partial charge on any atom is -0.508 e. The van der Waals surface area contributed by atoms with Crippen LogP contribution in [0.5, 0.6) is 17.2 Å². The van der Waals surface area contributed by atoms with E-state index in [1.54, 1.807) is 18.2 Å². The molecule has 0 amide bonds. The molecule has 1 fully saturated rings. The fourth-order valence-corrected chi connectivity index (χ4v) is 5.49. The highest BCUT2D eigenvalue weighted by Gasteiger charge is 2.71. The molecule has 0 saturated carbocycles. The van der Waals surface area contributed by atoms with Gasteiger partial charge in [0.25, 0.3) is 0 Å². The molecule has 0 unspecified atom stereocenters. The molecule has 0 radical (unpaired) electrons. The molecule has 2 aliphatic carbocycles. The van der Waals surface area contributed by atoms with E-state index in [4.69, 9.17) is 9.47 Å². The molecule has 2 heterocycles. The zero-order valence-electron chi connectivity index (χ0n) is 13.7. The topological polar surface area (TPSA) is 82.4 Å². The number of hydrogen-bond acceptors (Lipinski definition) is 6. The highest BCUT2D eigenvalue weighted by atomic mass is 16.5. The third-order valence-corrected chi connectivity index (χ3v) is 6.59. The maximum Gasteiger partial charge on any atom is 0.166 e. The van der Waals surface area contributed by atoms with Crippen LogP contribution < -0.4 is 9.47 Å². The molecule has 5 atom stereocenters. The number of rotatable bonds is 1. The second-order valence-corrected chi connectivity index (χ2v) is 7.42. The summed E-state index contributed by atoms with van der Waals surface area (Å²) in [5.74, 6) is 1.17. The smallest absolute Gasteiger partial charge is 0.166 e. The van der Waals surface area contributed by atoms with Gasteiger partial charge in [-0.1, -0.05) is 12.2 Å². The standard InChI is InChI=1S/C18H21NO5/c1-19-6-5-17-14-9-7-13(19)18(17,22)4-3-10(20)16(17)24-15(14)12(23-2)8-11(9)21/h3-4,8,10,13,16,20-22H,5-7H2,1-2H3/t10-,13+,16-,17-,18+/m0/s1. The summed E-state index contributed by atoms with van der Waals surface area (Å²) >= 11 is 0. The molecule has 6 heteroatoms. The molecule has 128 valence electrons. The molecule has 24 heavy (non-hydrogen) atoms. The van der Waals surface area contributed by atoms with Crippen molar-refractivity contribution in [3.8, 4) is 17.2 Å². The van der Waals surface area contributed by atoms with Gasteiger partial charge in [0, 0.05) is 23.2 Å². The number of likely N-dealkylation sites (tertiary alicyclic amines) is 1. The SMILES string of the molecule is COc1cc(O)c2c3c1O[C@H]1[C@@H](O)C=C[C@@]4(O)[C@@H](C2)N(C)CC[C@]314. The Morgan fingerprint density at radius 3 is 2.96 bits per heavy atom. The number of benzene rings is 1. The van der Waals surface area contributed by atoms with Gasteiger partial charge < -0.3 is 24.8 Å². The fraction of sp³-hybridized carbons (Fsp3) is 0.556. The Bertz CT molecular complexity index is 777. The molecule has 4 aliphatic rings. The largest absolute Gasteiger partial charge is 0.508 e. The van der Waals surface area contributed by atoms with Crippen molar-refractivity contribution in [2.45, 2.75) is 42.1 Å². The molecule has 1 aromatic carbocycles. The van der Waals surface area contributed by atoms with Gasteiger partial charge in [-0.3, -0.25) is 4.90 Å². The van der Waals surface area contributed by atoms with E-state index in [0.29, 0.717) is 24.3 Å². The Morgan fingerprint density at radius 1 is 1.42 bits per heavy atom. The lowest BCUT2D eigenvalue weighted by molar-refractivity contribution is -0.151. The quantitative estimate of drug-likeness (QED) is 0.643. The second kappa shape index (κ2) is 4.25. The number of likely N-dealkylation sites (N-methyl/N-ethyl adjacent to an activating group) is 1. The van der Waals surface area contributed by atoms with Gasteiger partial charge in [-0.2, -0.15) is 0 Å². The number of aliphatic hydroxyl groups is 2. The van der Waals surface area contributed by atoms with Crippen molar-refractivity contribution in [1.29, 1.82) is 0 Å². The van der Waals surface area contributed by atoms with Crippen molar-refractivity contribution in [2.75, 3.05) is 20.7 Å². The number of ether oxygens (including phenoxy) is 2. The number of nitrogens with zero attached hydrogens (tertiary/aromatic N) is 1. The van der Waals surface area contributed by atoms with E-state index >= 15 is 0 Å². The van der Waals surface area contributed by atoms with Crippen molar-refractivity contribution in [2.24, 2.45) is 0 Å². The van der Waals surface area contributed by atoms with Crippen molar-refractivity contribution in [1.82, 2.24) is 4.90 Å². The van der Waals surface area contributed by atoms with Crippen LogP contribution in [-0.2, 0) is 11.8 Å². The number of phenols is 1. The van der Waals surface area contributed by atoms with Gasteiger partial charge in [0.05, 0.1) is 12.5 Å². The first kappa shape index (κ1) is 14.6. The van der Waals surface area contributed by atoms with Gasteiger partial charge in [0.2, 0.25) is 0 Å². The maximum atomic E-state index is 11.7. The highest BCUT2D eigenvalue weighted by molar-refractivity contribution is 5.67. The first-order chi connectivity index (χ1) is 11.4. The third kappa shape index (κ3) is 1.32. The van der Waals surface area contributed by atoms with E-state index in [0.717, 1.165) is 17.7 Å². The summed E-state index contributed by atoms with van der Waals surface area (Å²) in [5, 5.41) is 32.9. The van der Waals surface area contributed by atoms with Crippen LogP contribution in [0.25, 0.3) is 0 Å². The van der Waals surface area contributed by atoms with Gasteiger partial charge in [-0.05, 0) is 26.4 Å². The molecule has 2 aliphatic heterocycles. The number of phenolic OH excluding ortho intramolecular Hbond substituents is 1. The van der Waals surface area contributed by atoms with Crippen molar-refractivity contribution in [3.05, 3.63) is 29.3 Å². The Labute approximate surface area is 139 Å². The van der Waals surface area contributed by atoms with Crippen LogP contribution in [0.1, 0.15) is 17.5 Å². The molecule has 5 rings (SSSR count). The van der Waals surface area contributed by atoms with E-state index in [-0.39, 0.29) is 11.8 Å². The summed E-state index contributed by atoms with van der Waals surface area (Å²) in [4.78, 5) is 2.13. The average Bonchev–Trinajstić information content (AvgIpc) is 2.90. The molecule has 2 bridgehead atoms. The van der Waals surface area contributed by atoms with E-state index in [1.807, 2.05) is 7.05 Å². The minimum atomic E-state index is -1.14. The fourth-order valence-electron chi connectivity index (χ4n) is 5.49. The predicted molar refractivity (Wildman–Crippen MR) is 85.6 cm³/mol. The van der Waals surface area contributed by atoms with Crippen LogP contribution in [0, 0.1) is 0 Å². The molecule has 6 nitrogen and oxygen atoms in total. The zero-order valence-corrected chi connectivity index (χ0v) is 13.7. The Hall–Kier alpha value is -1.76. The lowest BCUT2D eigenvalue weighted by atomic mass is 9.50.